The minimum Gasteiger partial charge on any atom is -0.382 e. The molecule has 2 rings (SSSR count). The summed E-state index contributed by atoms with van der Waals surface area (Å²) in [6.07, 6.45) is 0. The van der Waals surface area contributed by atoms with Crippen LogP contribution in [0.4, 0.5) is 17.1 Å². The predicted molar refractivity (Wildman–Crippen MR) is 83.9 cm³/mol. The molecule has 0 saturated heterocycles. The summed E-state index contributed by atoms with van der Waals surface area (Å²) in [7, 11) is 0. The molecule has 1 aliphatic rings. The number of rotatable bonds is 5. The number of fused-ring (bicyclic) bond motifs is 1. The first-order valence-electron chi connectivity index (χ1n) is 6.08. The van der Waals surface area contributed by atoms with E-state index in [2.05, 4.69) is 27.9 Å². The summed E-state index contributed by atoms with van der Waals surface area (Å²) >= 11 is 13.4. The Morgan fingerprint density at radius 2 is 1.95 bits per heavy atom. The maximum atomic E-state index is 6.23. The van der Waals surface area contributed by atoms with Crippen LogP contribution in [-0.4, -0.2) is 13.1 Å². The van der Waals surface area contributed by atoms with Crippen LogP contribution < -0.4 is 11.1 Å². The molecule has 0 radical (unpaired) electrons. The molecule has 104 valence electrons. The zero-order valence-electron chi connectivity index (χ0n) is 10.8. The van der Waals surface area contributed by atoms with Gasteiger partial charge in [0.1, 0.15) is 11.4 Å². The second-order valence-electron chi connectivity index (χ2n) is 4.80. The standard InChI is InChI=1S/C12H16Cl2N4S/c1-6(2)7(4-15)5-16-10-8(13)3-9(14)11-12(10)18-19-17-11/h3,6-7,16H,4-5,15H2,1-2H3. The van der Waals surface area contributed by atoms with Gasteiger partial charge in [-0.05, 0) is 24.4 Å². The van der Waals surface area contributed by atoms with Gasteiger partial charge in [-0.15, -0.1) is 0 Å². The molecule has 1 aromatic rings. The molecule has 3 N–H and O–H groups in total. The highest BCUT2D eigenvalue weighted by Crippen LogP contribution is 2.47. The molecule has 7 heteroatoms. The summed E-state index contributed by atoms with van der Waals surface area (Å²) in [5.41, 5.74) is 7.97. The van der Waals surface area contributed by atoms with E-state index in [9.17, 15) is 0 Å². The van der Waals surface area contributed by atoms with E-state index in [-0.39, 0.29) is 0 Å². The first-order valence-corrected chi connectivity index (χ1v) is 7.57. The zero-order chi connectivity index (χ0) is 14.0. The number of hydrogen-bond acceptors (Lipinski definition) is 4. The minimum absolute atomic E-state index is 0.383. The van der Waals surface area contributed by atoms with Gasteiger partial charge in [0.15, 0.2) is 0 Å². The number of nitrogens with zero attached hydrogens (tertiary/aromatic N) is 2. The van der Waals surface area contributed by atoms with Gasteiger partial charge in [0, 0.05) is 6.54 Å². The molecule has 0 amide bonds. The van der Waals surface area contributed by atoms with Gasteiger partial charge in [-0.2, -0.15) is 8.73 Å². The Morgan fingerprint density at radius 3 is 2.58 bits per heavy atom. The quantitative estimate of drug-likeness (QED) is 0.860. The van der Waals surface area contributed by atoms with Gasteiger partial charge in [0.25, 0.3) is 0 Å². The number of nitrogens with one attached hydrogen (secondary N) is 1. The Morgan fingerprint density at radius 1 is 1.26 bits per heavy atom. The second kappa shape index (κ2) is 6.22. The fraction of sp³-hybridized carbons (Fsp3) is 0.500. The van der Waals surface area contributed by atoms with Crippen LogP contribution in [0.25, 0.3) is 0 Å². The van der Waals surface area contributed by atoms with Crippen LogP contribution in [0, 0.1) is 11.8 Å². The normalized spacial score (nSPS) is 14.4. The van der Waals surface area contributed by atoms with E-state index in [1.807, 2.05) is 0 Å². The van der Waals surface area contributed by atoms with Crippen molar-refractivity contribution in [3.63, 3.8) is 0 Å². The van der Waals surface area contributed by atoms with E-state index in [0.717, 1.165) is 29.3 Å². The molecule has 1 atom stereocenters. The van der Waals surface area contributed by atoms with Crippen LogP contribution >= 0.6 is 23.2 Å². The summed E-state index contributed by atoms with van der Waals surface area (Å²) in [6, 6.07) is 1.70. The van der Waals surface area contributed by atoms with Gasteiger partial charge in [-0.1, -0.05) is 37.0 Å². The van der Waals surface area contributed by atoms with E-state index in [0.29, 0.717) is 34.1 Å². The van der Waals surface area contributed by atoms with Crippen LogP contribution in [0.5, 0.6) is 0 Å². The van der Waals surface area contributed by atoms with Crippen molar-refractivity contribution in [3.05, 3.63) is 16.1 Å². The summed E-state index contributed by atoms with van der Waals surface area (Å²) in [5.74, 6) is 0.890. The lowest BCUT2D eigenvalue weighted by atomic mass is 9.96. The van der Waals surface area contributed by atoms with Crippen LogP contribution in [0.3, 0.4) is 0 Å². The average molecular weight is 319 g/mol. The molecule has 0 aromatic heterocycles. The van der Waals surface area contributed by atoms with Crippen LogP contribution in [0.1, 0.15) is 13.8 Å². The number of nitrogens with two attached hydrogens (primary N) is 1. The maximum Gasteiger partial charge on any atom is 0.130 e. The van der Waals surface area contributed by atoms with Gasteiger partial charge in [-0.25, -0.2) is 0 Å². The third kappa shape index (κ3) is 3.11. The lowest BCUT2D eigenvalue weighted by Gasteiger charge is -2.21. The molecule has 0 fully saturated rings. The smallest absolute Gasteiger partial charge is 0.130 e. The lowest BCUT2D eigenvalue weighted by Crippen LogP contribution is -2.27. The molecule has 0 bridgehead atoms. The first-order chi connectivity index (χ1) is 9.04. The van der Waals surface area contributed by atoms with Gasteiger partial charge in [0.05, 0.1) is 27.1 Å². The molecule has 1 heterocycles. The number of anilines is 1. The molecule has 0 saturated carbocycles. The molecule has 19 heavy (non-hydrogen) atoms. The van der Waals surface area contributed by atoms with Crippen LogP contribution in [0.2, 0.25) is 10.0 Å². The van der Waals surface area contributed by atoms with Crippen molar-refractivity contribution in [2.45, 2.75) is 13.8 Å². The van der Waals surface area contributed by atoms with Gasteiger partial charge >= 0.3 is 0 Å². The van der Waals surface area contributed by atoms with Gasteiger partial charge < -0.3 is 11.1 Å². The fourth-order valence-corrected chi connectivity index (χ4v) is 3.05. The van der Waals surface area contributed by atoms with Crippen LogP contribution in [0.15, 0.2) is 14.8 Å². The van der Waals surface area contributed by atoms with E-state index in [4.69, 9.17) is 28.9 Å². The summed E-state index contributed by atoms with van der Waals surface area (Å²) in [6.45, 7) is 5.70. The second-order valence-corrected chi connectivity index (χ2v) is 6.14. The molecular formula is C12H16Cl2N4S. The average Bonchev–Trinajstić information content (AvgIpc) is 2.82. The third-order valence-electron chi connectivity index (χ3n) is 3.23. The molecule has 1 aromatic carbocycles. The van der Waals surface area contributed by atoms with E-state index >= 15 is 0 Å². The van der Waals surface area contributed by atoms with Crippen molar-refractivity contribution in [1.29, 1.82) is 0 Å². The lowest BCUT2D eigenvalue weighted by molar-refractivity contribution is 0.413. The van der Waals surface area contributed by atoms with E-state index in [1.165, 1.54) is 0 Å². The van der Waals surface area contributed by atoms with Crippen molar-refractivity contribution >= 4 is 51.6 Å². The Balaban J connectivity index is 2.23. The fourth-order valence-electron chi connectivity index (χ4n) is 1.87. The third-order valence-corrected chi connectivity index (χ3v) is 4.35. The Hall–Kier alpha value is -0.620. The van der Waals surface area contributed by atoms with E-state index in [1.54, 1.807) is 6.07 Å². The Bertz CT molecular complexity index is 553. The van der Waals surface area contributed by atoms with Crippen molar-refractivity contribution in [1.82, 2.24) is 0 Å². The highest BCUT2D eigenvalue weighted by molar-refractivity contribution is 7.58. The Kier molecular flexibility index (Phi) is 4.84. The first kappa shape index (κ1) is 14.8. The van der Waals surface area contributed by atoms with Crippen molar-refractivity contribution in [2.75, 3.05) is 18.4 Å². The highest BCUT2D eigenvalue weighted by atomic mass is 35.5. The summed E-state index contributed by atoms with van der Waals surface area (Å²) < 4.78 is 8.43. The topological polar surface area (TPSA) is 62.8 Å². The van der Waals surface area contributed by atoms with Crippen molar-refractivity contribution in [3.8, 4) is 0 Å². The molecule has 0 spiro atoms. The molecule has 0 aliphatic carbocycles. The van der Waals surface area contributed by atoms with E-state index < -0.39 is 0 Å². The number of halogens is 2. The minimum atomic E-state index is 0.383. The molecule has 1 aliphatic heterocycles. The SMILES string of the molecule is CC(C)C(CN)CNc1c(Cl)cc(Cl)c2c1N=S=N2. The predicted octanol–water partition coefficient (Wildman–Crippen LogP) is 4.36. The van der Waals surface area contributed by atoms with Gasteiger partial charge in [0.2, 0.25) is 0 Å². The molecular weight excluding hydrogens is 303 g/mol. The van der Waals surface area contributed by atoms with Crippen molar-refractivity contribution in [2.24, 2.45) is 26.3 Å². The van der Waals surface area contributed by atoms with Crippen molar-refractivity contribution < 1.29 is 0 Å². The molecule has 1 unspecified atom stereocenters. The zero-order valence-corrected chi connectivity index (χ0v) is 13.1. The summed E-state index contributed by atoms with van der Waals surface area (Å²) in [5, 5.41) is 4.42. The molecule has 4 nitrogen and oxygen atoms in total. The maximum absolute atomic E-state index is 6.23. The summed E-state index contributed by atoms with van der Waals surface area (Å²) in [4.78, 5) is 0. The number of benzene rings is 1. The largest absolute Gasteiger partial charge is 0.382 e. The van der Waals surface area contributed by atoms with Gasteiger partial charge in [-0.3, -0.25) is 0 Å². The highest BCUT2D eigenvalue weighted by Gasteiger charge is 2.20. The van der Waals surface area contributed by atoms with Crippen LogP contribution in [-0.2, 0) is 11.4 Å². The number of hydrogen-bond donors (Lipinski definition) is 2. The monoisotopic (exact) mass is 318 g/mol. The Labute approximate surface area is 126 Å².